The Bertz CT molecular complexity index is 948. The Morgan fingerprint density at radius 1 is 1.35 bits per heavy atom. The molecular formula is C18H18ClN5O2. The van der Waals surface area contributed by atoms with Gasteiger partial charge in [0.25, 0.3) is 5.91 Å². The van der Waals surface area contributed by atoms with Crippen LogP contribution in [0.15, 0.2) is 36.5 Å². The van der Waals surface area contributed by atoms with E-state index in [9.17, 15) is 4.79 Å². The number of hydrogen-bond donors (Lipinski definition) is 1. The molecule has 1 aliphatic heterocycles. The largest absolute Gasteiger partial charge is 0.379 e. The van der Waals surface area contributed by atoms with Crippen molar-refractivity contribution < 1.29 is 9.53 Å². The van der Waals surface area contributed by atoms with Crippen LogP contribution in [0.5, 0.6) is 0 Å². The number of pyridine rings is 1. The molecule has 1 N–H and O–H groups in total. The number of carbonyl (C=O) groups is 1. The van der Waals surface area contributed by atoms with Crippen LogP contribution < -0.4 is 5.32 Å². The first-order valence-corrected chi connectivity index (χ1v) is 8.73. The zero-order valence-corrected chi connectivity index (χ0v) is 15.0. The Morgan fingerprint density at radius 3 is 2.88 bits per heavy atom. The number of rotatable bonds is 4. The van der Waals surface area contributed by atoms with Gasteiger partial charge in [-0.2, -0.15) is 0 Å². The van der Waals surface area contributed by atoms with Gasteiger partial charge in [0.2, 0.25) is 0 Å². The van der Waals surface area contributed by atoms with Crippen LogP contribution in [0, 0.1) is 0 Å². The van der Waals surface area contributed by atoms with Crippen LogP contribution >= 0.6 is 11.6 Å². The predicted molar refractivity (Wildman–Crippen MR) is 97.1 cm³/mol. The van der Waals surface area contributed by atoms with Gasteiger partial charge in [0.05, 0.1) is 17.7 Å². The maximum atomic E-state index is 13.0. The molecule has 134 valence electrons. The summed E-state index contributed by atoms with van der Waals surface area (Å²) < 4.78 is 7.15. The number of nitrogens with one attached hydrogen (secondary N) is 1. The fourth-order valence-corrected chi connectivity index (χ4v) is 3.43. The lowest BCUT2D eigenvalue weighted by atomic mass is 9.89. The molecule has 8 heteroatoms. The summed E-state index contributed by atoms with van der Waals surface area (Å²) in [6.07, 6.45) is 3.01. The molecule has 1 aliphatic rings. The van der Waals surface area contributed by atoms with E-state index in [1.54, 1.807) is 24.0 Å². The average Bonchev–Trinajstić information content (AvgIpc) is 3.24. The van der Waals surface area contributed by atoms with Crippen molar-refractivity contribution in [2.24, 2.45) is 7.05 Å². The van der Waals surface area contributed by atoms with Gasteiger partial charge >= 0.3 is 0 Å². The Balaban J connectivity index is 1.61. The molecule has 3 heterocycles. The summed E-state index contributed by atoms with van der Waals surface area (Å²) >= 11 is 5.97. The monoisotopic (exact) mass is 371 g/mol. The molecule has 1 aromatic carbocycles. The Kier molecular flexibility index (Phi) is 4.34. The van der Waals surface area contributed by atoms with Crippen LogP contribution in [0.2, 0.25) is 5.02 Å². The standard InChI is InChI=1S/C18H18ClN5O2/c1-24-16-15(22-23-24)14(6-8-20-16)17(25)21-18(7-9-26-11-18)10-12-2-4-13(19)5-3-12/h2-6,8H,7,9-11H2,1H3,(H,21,25)/t18-/m1/s1. The quantitative estimate of drug-likeness (QED) is 0.759. The molecule has 4 rings (SSSR count). The Labute approximate surface area is 155 Å². The van der Waals surface area contributed by atoms with E-state index in [4.69, 9.17) is 16.3 Å². The Hall–Kier alpha value is -2.51. The van der Waals surface area contributed by atoms with E-state index in [0.29, 0.717) is 41.4 Å². The molecular weight excluding hydrogens is 354 g/mol. The van der Waals surface area contributed by atoms with Crippen molar-refractivity contribution in [3.63, 3.8) is 0 Å². The number of hydrogen-bond acceptors (Lipinski definition) is 5. The third kappa shape index (κ3) is 3.15. The number of halogens is 1. The van der Waals surface area contributed by atoms with Gasteiger partial charge < -0.3 is 10.1 Å². The van der Waals surface area contributed by atoms with E-state index < -0.39 is 5.54 Å². The van der Waals surface area contributed by atoms with E-state index in [2.05, 4.69) is 20.6 Å². The molecule has 0 unspecified atom stereocenters. The van der Waals surface area contributed by atoms with Crippen molar-refractivity contribution in [3.05, 3.63) is 52.7 Å². The maximum Gasteiger partial charge on any atom is 0.254 e. The molecule has 26 heavy (non-hydrogen) atoms. The molecule has 1 saturated heterocycles. The van der Waals surface area contributed by atoms with E-state index in [-0.39, 0.29) is 5.91 Å². The summed E-state index contributed by atoms with van der Waals surface area (Å²) in [5.74, 6) is -0.197. The molecule has 0 radical (unpaired) electrons. The highest BCUT2D eigenvalue weighted by atomic mass is 35.5. The van der Waals surface area contributed by atoms with Crippen LogP contribution in [0.3, 0.4) is 0 Å². The molecule has 0 spiro atoms. The molecule has 0 aliphatic carbocycles. The van der Waals surface area contributed by atoms with E-state index in [1.807, 2.05) is 24.3 Å². The summed E-state index contributed by atoms with van der Waals surface area (Å²) in [5, 5.41) is 11.9. The number of benzene rings is 1. The third-order valence-corrected chi connectivity index (χ3v) is 4.92. The zero-order chi connectivity index (χ0) is 18.1. The minimum atomic E-state index is -0.456. The first-order chi connectivity index (χ1) is 12.6. The molecule has 7 nitrogen and oxygen atoms in total. The molecule has 1 atom stereocenters. The van der Waals surface area contributed by atoms with E-state index >= 15 is 0 Å². The number of nitrogens with zero attached hydrogens (tertiary/aromatic N) is 4. The highest BCUT2D eigenvalue weighted by molar-refractivity contribution is 6.30. The summed E-state index contributed by atoms with van der Waals surface area (Å²) in [4.78, 5) is 17.2. The highest BCUT2D eigenvalue weighted by Crippen LogP contribution is 2.26. The van der Waals surface area contributed by atoms with Crippen molar-refractivity contribution >= 4 is 28.7 Å². The van der Waals surface area contributed by atoms with E-state index in [1.165, 1.54) is 0 Å². The van der Waals surface area contributed by atoms with Gasteiger partial charge in [0.15, 0.2) is 5.65 Å². The summed E-state index contributed by atoms with van der Waals surface area (Å²) in [6.45, 7) is 1.08. The topological polar surface area (TPSA) is 81.9 Å². The van der Waals surface area contributed by atoms with Crippen molar-refractivity contribution in [3.8, 4) is 0 Å². The summed E-state index contributed by atoms with van der Waals surface area (Å²) in [5.41, 5.74) is 2.17. The van der Waals surface area contributed by atoms with Crippen LogP contribution in [-0.2, 0) is 18.2 Å². The Morgan fingerprint density at radius 2 is 2.15 bits per heavy atom. The molecule has 0 bridgehead atoms. The number of amides is 1. The van der Waals surface area contributed by atoms with Crippen molar-refractivity contribution in [1.29, 1.82) is 0 Å². The second-order valence-electron chi connectivity index (χ2n) is 6.58. The van der Waals surface area contributed by atoms with Gasteiger partial charge in [-0.1, -0.05) is 28.9 Å². The van der Waals surface area contributed by atoms with Crippen LogP contribution in [-0.4, -0.2) is 44.6 Å². The number of fused-ring (bicyclic) bond motifs is 1. The molecule has 2 aromatic heterocycles. The SMILES string of the molecule is Cn1nnc2c(C(=O)N[C@@]3(Cc4ccc(Cl)cc4)CCOC3)ccnc21. The summed E-state index contributed by atoms with van der Waals surface area (Å²) in [6, 6.07) is 9.32. The number of aryl methyl sites for hydroxylation is 1. The van der Waals surface area contributed by atoms with Crippen LogP contribution in [0.25, 0.3) is 11.2 Å². The molecule has 3 aromatic rings. The van der Waals surface area contributed by atoms with Crippen molar-refractivity contribution in [2.45, 2.75) is 18.4 Å². The van der Waals surface area contributed by atoms with Gasteiger partial charge in [-0.3, -0.25) is 4.79 Å². The van der Waals surface area contributed by atoms with E-state index in [0.717, 1.165) is 12.0 Å². The second-order valence-corrected chi connectivity index (χ2v) is 7.02. The van der Waals surface area contributed by atoms with Gasteiger partial charge in [-0.15, -0.1) is 5.10 Å². The minimum absolute atomic E-state index is 0.197. The van der Waals surface area contributed by atoms with Gasteiger partial charge in [-0.05, 0) is 36.6 Å². The zero-order valence-electron chi connectivity index (χ0n) is 14.3. The number of carbonyl (C=O) groups excluding carboxylic acids is 1. The van der Waals surface area contributed by atoms with Crippen molar-refractivity contribution in [2.75, 3.05) is 13.2 Å². The van der Waals surface area contributed by atoms with Gasteiger partial charge in [0.1, 0.15) is 5.52 Å². The van der Waals surface area contributed by atoms with Gasteiger partial charge in [-0.25, -0.2) is 9.67 Å². The predicted octanol–water partition coefficient (Wildman–Crippen LogP) is 2.15. The lowest BCUT2D eigenvalue weighted by Crippen LogP contribution is -2.50. The van der Waals surface area contributed by atoms with Crippen molar-refractivity contribution in [1.82, 2.24) is 25.3 Å². The smallest absolute Gasteiger partial charge is 0.254 e. The van der Waals surface area contributed by atoms with Crippen LogP contribution in [0.1, 0.15) is 22.3 Å². The third-order valence-electron chi connectivity index (χ3n) is 4.67. The minimum Gasteiger partial charge on any atom is -0.379 e. The molecule has 1 amide bonds. The average molecular weight is 372 g/mol. The lowest BCUT2D eigenvalue weighted by molar-refractivity contribution is 0.0879. The fourth-order valence-electron chi connectivity index (χ4n) is 3.31. The number of aromatic nitrogens is 4. The first kappa shape index (κ1) is 16.9. The van der Waals surface area contributed by atoms with Gasteiger partial charge in [0, 0.05) is 24.9 Å². The fraction of sp³-hybridized carbons (Fsp3) is 0.333. The second kappa shape index (κ2) is 6.66. The lowest BCUT2D eigenvalue weighted by Gasteiger charge is -2.29. The normalized spacial score (nSPS) is 19.8. The number of ether oxygens (including phenoxy) is 1. The molecule has 0 saturated carbocycles. The highest BCUT2D eigenvalue weighted by Gasteiger charge is 2.37. The molecule has 1 fully saturated rings. The summed E-state index contributed by atoms with van der Waals surface area (Å²) in [7, 11) is 1.75. The maximum absolute atomic E-state index is 13.0. The van der Waals surface area contributed by atoms with Crippen LogP contribution in [0.4, 0.5) is 0 Å². The first-order valence-electron chi connectivity index (χ1n) is 8.35.